The van der Waals surface area contributed by atoms with E-state index in [1.807, 2.05) is 61.2 Å². The van der Waals surface area contributed by atoms with Crippen molar-refractivity contribution in [2.75, 3.05) is 41.9 Å². The molecule has 5 rings (SSSR count). The lowest BCUT2D eigenvalue weighted by Crippen LogP contribution is -2.38. The molecule has 4 aromatic rings. The van der Waals surface area contributed by atoms with Crippen molar-refractivity contribution in [1.29, 1.82) is 0 Å². The third kappa shape index (κ3) is 4.79. The van der Waals surface area contributed by atoms with Crippen LogP contribution in [-0.2, 0) is 20.1 Å². The summed E-state index contributed by atoms with van der Waals surface area (Å²) in [4.78, 5) is 37.2. The average Bonchev–Trinajstić information content (AvgIpc) is 3.48. The summed E-state index contributed by atoms with van der Waals surface area (Å²) in [7, 11) is 5.65. The number of carbonyl (C=O) groups excluding carboxylic acids is 1. The van der Waals surface area contributed by atoms with Gasteiger partial charge < -0.3 is 24.4 Å². The number of H-pyrrole nitrogens is 1. The zero-order valence-corrected chi connectivity index (χ0v) is 22.7. The molecular formula is C29H33N7O3. The summed E-state index contributed by atoms with van der Waals surface area (Å²) < 4.78 is 1.50. The molecular weight excluding hydrogens is 494 g/mol. The number of aryl methyl sites for hydroxylation is 1. The second-order valence-corrected chi connectivity index (χ2v) is 9.88. The molecule has 0 saturated carbocycles. The quantitative estimate of drug-likeness (QED) is 0.361. The van der Waals surface area contributed by atoms with Crippen molar-refractivity contribution in [1.82, 2.24) is 19.7 Å². The van der Waals surface area contributed by atoms with Crippen LogP contribution in [0.1, 0.15) is 34.8 Å². The number of rotatable bonds is 8. The normalized spacial score (nSPS) is 12.9. The highest BCUT2D eigenvalue weighted by atomic mass is 16.3. The van der Waals surface area contributed by atoms with E-state index in [2.05, 4.69) is 16.3 Å². The van der Waals surface area contributed by atoms with Crippen LogP contribution in [0.5, 0.6) is 0 Å². The first-order valence-corrected chi connectivity index (χ1v) is 13.0. The van der Waals surface area contributed by atoms with Gasteiger partial charge in [0.15, 0.2) is 0 Å². The standard InChI is InChI=1S/C29H33N7O3/c1-5-12-35(21-15-30-31-16-21)27-29(39)34(4)17-25(32-27)23-7-6-8-26(24(23)18-37)36-13-11-19-14-20(33(2)3)9-10-22(19)28(36)38/h6-10,14-17,37H,5,11-13,18H2,1-4H3,(H,30,31). The SMILES string of the molecule is CCCN(c1cn[nH]c1)c1nc(-c2cccc(N3CCc4cc(N(C)C)ccc4C3=O)c2CO)cn(C)c1=O. The van der Waals surface area contributed by atoms with Crippen molar-refractivity contribution in [2.24, 2.45) is 7.05 Å². The number of anilines is 4. The van der Waals surface area contributed by atoms with Gasteiger partial charge in [-0.05, 0) is 42.7 Å². The Morgan fingerprint density at radius 3 is 2.62 bits per heavy atom. The van der Waals surface area contributed by atoms with Crippen LogP contribution in [0, 0.1) is 0 Å². The van der Waals surface area contributed by atoms with Crippen LogP contribution in [0.15, 0.2) is 59.8 Å². The lowest BCUT2D eigenvalue weighted by molar-refractivity contribution is 0.0980. The lowest BCUT2D eigenvalue weighted by atomic mass is 9.95. The van der Waals surface area contributed by atoms with Gasteiger partial charge in [-0.2, -0.15) is 5.10 Å². The van der Waals surface area contributed by atoms with Crippen molar-refractivity contribution in [3.8, 4) is 11.3 Å². The van der Waals surface area contributed by atoms with E-state index < -0.39 is 0 Å². The molecule has 0 atom stereocenters. The first kappa shape index (κ1) is 26.2. The molecule has 0 unspecified atom stereocenters. The van der Waals surface area contributed by atoms with Crippen LogP contribution < -0.4 is 20.3 Å². The van der Waals surface area contributed by atoms with E-state index in [1.165, 1.54) is 4.57 Å². The van der Waals surface area contributed by atoms with Gasteiger partial charge in [-0.25, -0.2) is 4.98 Å². The second kappa shape index (κ2) is 10.7. The summed E-state index contributed by atoms with van der Waals surface area (Å²) in [6.07, 6.45) is 6.55. The molecule has 10 heteroatoms. The fourth-order valence-electron chi connectivity index (χ4n) is 5.09. The van der Waals surface area contributed by atoms with E-state index in [9.17, 15) is 14.7 Å². The number of nitrogens with zero attached hydrogens (tertiary/aromatic N) is 6. The highest BCUT2D eigenvalue weighted by molar-refractivity contribution is 6.09. The first-order chi connectivity index (χ1) is 18.8. The van der Waals surface area contributed by atoms with Crippen molar-refractivity contribution in [3.05, 3.63) is 82.0 Å². The van der Waals surface area contributed by atoms with Crippen LogP contribution in [0.4, 0.5) is 22.9 Å². The third-order valence-corrected chi connectivity index (χ3v) is 7.11. The number of fused-ring (bicyclic) bond motifs is 1. The maximum Gasteiger partial charge on any atom is 0.293 e. The Kier molecular flexibility index (Phi) is 7.21. The summed E-state index contributed by atoms with van der Waals surface area (Å²) in [5.74, 6) is 0.170. The Morgan fingerprint density at radius 1 is 1.10 bits per heavy atom. The third-order valence-electron chi connectivity index (χ3n) is 7.11. The minimum atomic E-state index is -0.290. The van der Waals surface area contributed by atoms with E-state index in [1.54, 1.807) is 30.5 Å². The summed E-state index contributed by atoms with van der Waals surface area (Å²) in [6.45, 7) is 2.82. The van der Waals surface area contributed by atoms with Crippen LogP contribution >= 0.6 is 0 Å². The topological polar surface area (TPSA) is 111 Å². The highest BCUT2D eigenvalue weighted by Gasteiger charge is 2.28. The molecule has 0 aliphatic carbocycles. The number of aromatic nitrogens is 4. The minimum Gasteiger partial charge on any atom is -0.392 e. The van der Waals surface area contributed by atoms with E-state index in [0.29, 0.717) is 47.6 Å². The largest absolute Gasteiger partial charge is 0.392 e. The number of aliphatic hydroxyl groups is 1. The maximum absolute atomic E-state index is 13.6. The number of carbonyl (C=O) groups is 1. The molecule has 0 radical (unpaired) electrons. The van der Waals surface area contributed by atoms with Gasteiger partial charge in [0, 0.05) is 69.0 Å². The summed E-state index contributed by atoms with van der Waals surface area (Å²) >= 11 is 0. The number of hydrogen-bond acceptors (Lipinski definition) is 7. The molecule has 10 nitrogen and oxygen atoms in total. The number of nitrogens with one attached hydrogen (secondary N) is 1. The Balaban J connectivity index is 1.58. The van der Waals surface area contributed by atoms with Crippen molar-refractivity contribution >= 4 is 28.8 Å². The van der Waals surface area contributed by atoms with E-state index in [-0.39, 0.29) is 23.9 Å². The Bertz CT molecular complexity index is 1560. The van der Waals surface area contributed by atoms with Gasteiger partial charge in [0.25, 0.3) is 11.5 Å². The van der Waals surface area contributed by atoms with E-state index >= 15 is 0 Å². The van der Waals surface area contributed by atoms with Crippen molar-refractivity contribution in [2.45, 2.75) is 26.4 Å². The molecule has 0 saturated heterocycles. The van der Waals surface area contributed by atoms with Gasteiger partial charge in [-0.15, -0.1) is 0 Å². The predicted octanol–water partition coefficient (Wildman–Crippen LogP) is 3.48. The average molecular weight is 528 g/mol. The summed E-state index contributed by atoms with van der Waals surface area (Å²) in [5, 5.41) is 17.4. The second-order valence-electron chi connectivity index (χ2n) is 9.88. The Labute approximate surface area is 227 Å². The Morgan fingerprint density at radius 2 is 1.92 bits per heavy atom. The molecule has 2 N–H and O–H groups in total. The van der Waals surface area contributed by atoms with E-state index in [4.69, 9.17) is 4.98 Å². The monoisotopic (exact) mass is 527 g/mol. The molecule has 1 aliphatic heterocycles. The van der Waals surface area contributed by atoms with Gasteiger partial charge >= 0.3 is 0 Å². The zero-order valence-electron chi connectivity index (χ0n) is 22.7. The summed E-state index contributed by atoms with van der Waals surface area (Å²) in [6, 6.07) is 11.4. The van der Waals surface area contributed by atoms with Gasteiger partial charge in [-0.3, -0.25) is 14.7 Å². The van der Waals surface area contributed by atoms with Gasteiger partial charge in [0.1, 0.15) is 0 Å². The predicted molar refractivity (Wildman–Crippen MR) is 153 cm³/mol. The molecule has 3 heterocycles. The highest BCUT2D eigenvalue weighted by Crippen LogP contribution is 2.35. The van der Waals surface area contributed by atoms with Crippen LogP contribution in [0.2, 0.25) is 0 Å². The molecule has 0 fully saturated rings. The molecule has 1 aliphatic rings. The first-order valence-electron chi connectivity index (χ1n) is 13.0. The maximum atomic E-state index is 13.6. The zero-order chi connectivity index (χ0) is 27.7. The van der Waals surface area contributed by atoms with Crippen LogP contribution in [-0.4, -0.2) is 57.9 Å². The lowest BCUT2D eigenvalue weighted by Gasteiger charge is -2.31. The fourth-order valence-corrected chi connectivity index (χ4v) is 5.09. The molecule has 0 spiro atoms. The van der Waals surface area contributed by atoms with Crippen LogP contribution in [0.3, 0.4) is 0 Å². The van der Waals surface area contributed by atoms with Crippen molar-refractivity contribution < 1.29 is 9.90 Å². The molecule has 202 valence electrons. The molecule has 0 bridgehead atoms. The smallest absolute Gasteiger partial charge is 0.293 e. The molecule has 39 heavy (non-hydrogen) atoms. The molecule has 2 aromatic carbocycles. The Hall–Kier alpha value is -4.44. The van der Waals surface area contributed by atoms with Gasteiger partial charge in [0.05, 0.1) is 29.9 Å². The number of amides is 1. The van der Waals surface area contributed by atoms with Gasteiger partial charge in [0.2, 0.25) is 5.82 Å². The number of aliphatic hydroxyl groups excluding tert-OH is 1. The van der Waals surface area contributed by atoms with E-state index in [0.717, 1.165) is 23.4 Å². The van der Waals surface area contributed by atoms with Gasteiger partial charge in [-0.1, -0.05) is 19.1 Å². The minimum absolute atomic E-state index is 0.100. The number of aromatic amines is 1. The molecule has 2 aromatic heterocycles. The fraction of sp³-hybridized carbons (Fsp3) is 0.310. The number of benzene rings is 2. The molecule has 1 amide bonds. The van der Waals surface area contributed by atoms with Crippen molar-refractivity contribution in [3.63, 3.8) is 0 Å². The summed E-state index contributed by atoms with van der Waals surface area (Å²) in [5.41, 5.74) is 5.65. The number of hydrogen-bond donors (Lipinski definition) is 2. The van der Waals surface area contributed by atoms with Crippen LogP contribution in [0.25, 0.3) is 11.3 Å².